The van der Waals surface area contributed by atoms with Crippen LogP contribution in [0.5, 0.6) is 5.75 Å². The molecule has 1 amide bonds. The minimum Gasteiger partial charge on any atom is -0.484 e. The highest BCUT2D eigenvalue weighted by Crippen LogP contribution is 2.44. The summed E-state index contributed by atoms with van der Waals surface area (Å²) in [5, 5.41) is 0. The first-order valence-corrected chi connectivity index (χ1v) is 12.5. The molecule has 2 aliphatic rings. The summed E-state index contributed by atoms with van der Waals surface area (Å²) in [5.41, 5.74) is 1.03. The Kier molecular flexibility index (Phi) is 6.09. The molecule has 2 saturated heterocycles. The number of hydrogen-bond acceptors (Lipinski definition) is 5. The van der Waals surface area contributed by atoms with Crippen LogP contribution in [0.4, 0.5) is 0 Å². The highest BCUT2D eigenvalue weighted by atomic mass is 32.2. The molecule has 0 aromatic heterocycles. The van der Waals surface area contributed by atoms with Gasteiger partial charge in [-0.25, -0.2) is 8.42 Å². The molecule has 0 aliphatic carbocycles. The Morgan fingerprint density at radius 1 is 1.03 bits per heavy atom. The van der Waals surface area contributed by atoms with Crippen LogP contribution in [0, 0.1) is 6.92 Å². The van der Waals surface area contributed by atoms with E-state index in [4.69, 9.17) is 4.74 Å². The van der Waals surface area contributed by atoms with Crippen molar-refractivity contribution in [1.82, 2.24) is 9.21 Å². The van der Waals surface area contributed by atoms with Crippen molar-refractivity contribution in [3.63, 3.8) is 0 Å². The van der Waals surface area contributed by atoms with Gasteiger partial charge in [-0.15, -0.1) is 11.8 Å². The normalized spacial score (nSPS) is 19.2. The van der Waals surface area contributed by atoms with Crippen LogP contribution >= 0.6 is 11.8 Å². The van der Waals surface area contributed by atoms with Crippen molar-refractivity contribution in [2.24, 2.45) is 0 Å². The average molecular weight is 447 g/mol. The van der Waals surface area contributed by atoms with Crippen LogP contribution in [0.3, 0.4) is 0 Å². The van der Waals surface area contributed by atoms with Crippen molar-refractivity contribution in [3.05, 3.63) is 60.2 Å². The molecule has 0 radical (unpaired) electrons. The van der Waals surface area contributed by atoms with Crippen molar-refractivity contribution >= 4 is 27.7 Å². The molecule has 2 aromatic rings. The molecule has 160 valence electrons. The summed E-state index contributed by atoms with van der Waals surface area (Å²) >= 11 is 1.76. The minimum absolute atomic E-state index is 0.00228. The number of ether oxygens (including phenoxy) is 1. The quantitative estimate of drug-likeness (QED) is 0.706. The van der Waals surface area contributed by atoms with E-state index < -0.39 is 10.0 Å². The summed E-state index contributed by atoms with van der Waals surface area (Å²) in [6.45, 7) is 3.43. The Hall–Kier alpha value is -2.03. The molecule has 8 heteroatoms. The van der Waals surface area contributed by atoms with Gasteiger partial charge < -0.3 is 9.64 Å². The number of thioether (sulfide) groups is 1. The standard InChI is InChI=1S/C22H26N2O4S2/c1-18-7-9-20(10-8-18)30(26,27)23-13-11-22(12-14-23)24(15-16-29-22)21(25)17-28-19-5-3-2-4-6-19/h2-10H,11-17H2,1H3. The van der Waals surface area contributed by atoms with Gasteiger partial charge in [0.25, 0.3) is 5.91 Å². The highest BCUT2D eigenvalue weighted by Gasteiger charge is 2.47. The van der Waals surface area contributed by atoms with Crippen LogP contribution in [0.15, 0.2) is 59.5 Å². The highest BCUT2D eigenvalue weighted by molar-refractivity contribution is 8.00. The van der Waals surface area contributed by atoms with Crippen molar-refractivity contribution in [2.45, 2.75) is 29.5 Å². The first kappa shape index (κ1) is 21.2. The average Bonchev–Trinajstić information content (AvgIpc) is 3.16. The van der Waals surface area contributed by atoms with Crippen LogP contribution in [-0.4, -0.2) is 60.4 Å². The third kappa shape index (κ3) is 4.22. The maximum Gasteiger partial charge on any atom is 0.261 e. The summed E-state index contributed by atoms with van der Waals surface area (Å²) in [6, 6.07) is 16.3. The second kappa shape index (κ2) is 8.61. The molecule has 0 saturated carbocycles. The molecule has 6 nitrogen and oxygen atoms in total. The lowest BCUT2D eigenvalue weighted by Crippen LogP contribution is -2.54. The molecule has 1 spiro atoms. The van der Waals surface area contributed by atoms with Crippen LogP contribution in [0.25, 0.3) is 0 Å². The van der Waals surface area contributed by atoms with Crippen LogP contribution in [-0.2, 0) is 14.8 Å². The van der Waals surface area contributed by atoms with Gasteiger partial charge in [-0.2, -0.15) is 4.31 Å². The van der Waals surface area contributed by atoms with E-state index in [-0.39, 0.29) is 17.4 Å². The lowest BCUT2D eigenvalue weighted by atomic mass is 10.0. The molecule has 2 fully saturated rings. The summed E-state index contributed by atoms with van der Waals surface area (Å²) in [5.74, 6) is 1.49. The number of carbonyl (C=O) groups is 1. The molecule has 30 heavy (non-hydrogen) atoms. The van der Waals surface area contributed by atoms with Gasteiger partial charge >= 0.3 is 0 Å². The van der Waals surface area contributed by atoms with Crippen LogP contribution < -0.4 is 4.74 Å². The molecule has 0 N–H and O–H groups in total. The Balaban J connectivity index is 1.41. The van der Waals surface area contributed by atoms with Gasteiger partial charge in [0, 0.05) is 25.4 Å². The van der Waals surface area contributed by atoms with Gasteiger partial charge in [0.2, 0.25) is 10.0 Å². The predicted molar refractivity (Wildman–Crippen MR) is 118 cm³/mol. The van der Waals surface area contributed by atoms with E-state index in [1.165, 1.54) is 0 Å². The van der Waals surface area contributed by atoms with Gasteiger partial charge in [-0.05, 0) is 44.0 Å². The zero-order chi connectivity index (χ0) is 21.2. The first-order chi connectivity index (χ1) is 14.4. The number of piperidine rings is 1. The molecule has 2 heterocycles. The number of rotatable bonds is 5. The molecular weight excluding hydrogens is 420 g/mol. The van der Waals surface area contributed by atoms with Crippen molar-refractivity contribution in [2.75, 3.05) is 32.0 Å². The second-order valence-corrected chi connectivity index (χ2v) is 11.1. The fourth-order valence-corrected chi connectivity index (χ4v) is 6.97. The molecular formula is C22H26N2O4S2. The van der Waals surface area contributed by atoms with Crippen molar-refractivity contribution < 1.29 is 17.9 Å². The second-order valence-electron chi connectivity index (χ2n) is 7.66. The van der Waals surface area contributed by atoms with E-state index in [0.717, 1.165) is 11.3 Å². The maximum absolute atomic E-state index is 13.0. The number of aryl methyl sites for hydroxylation is 1. The molecule has 2 aromatic carbocycles. The lowest BCUT2D eigenvalue weighted by Gasteiger charge is -2.43. The number of carbonyl (C=O) groups excluding carboxylic acids is 1. The summed E-state index contributed by atoms with van der Waals surface area (Å²) in [6.07, 6.45) is 1.25. The van der Waals surface area contributed by atoms with E-state index >= 15 is 0 Å². The van der Waals surface area contributed by atoms with Gasteiger partial charge in [-0.1, -0.05) is 35.9 Å². The first-order valence-electron chi connectivity index (χ1n) is 10.1. The van der Waals surface area contributed by atoms with Crippen molar-refractivity contribution in [3.8, 4) is 5.75 Å². The van der Waals surface area contributed by atoms with Gasteiger partial charge in [0.15, 0.2) is 6.61 Å². The Morgan fingerprint density at radius 2 is 1.70 bits per heavy atom. The predicted octanol–water partition coefficient (Wildman–Crippen LogP) is 3.13. The molecule has 0 bridgehead atoms. The monoisotopic (exact) mass is 446 g/mol. The topological polar surface area (TPSA) is 66.9 Å². The Morgan fingerprint density at radius 3 is 2.37 bits per heavy atom. The summed E-state index contributed by atoms with van der Waals surface area (Å²) in [4.78, 5) is 14.8. The van der Waals surface area contributed by atoms with E-state index in [1.54, 1.807) is 28.2 Å². The number of amides is 1. The number of para-hydroxylation sites is 1. The third-order valence-electron chi connectivity index (χ3n) is 5.75. The maximum atomic E-state index is 13.0. The fourth-order valence-electron chi connectivity index (χ4n) is 4.05. The molecule has 0 unspecified atom stereocenters. The molecule has 4 rings (SSSR count). The number of hydrogen-bond donors (Lipinski definition) is 0. The number of benzene rings is 2. The molecule has 0 atom stereocenters. The fraction of sp³-hybridized carbons (Fsp3) is 0.409. The number of nitrogens with zero attached hydrogens (tertiary/aromatic N) is 2. The zero-order valence-electron chi connectivity index (χ0n) is 17.0. The van der Waals surface area contributed by atoms with Crippen LogP contribution in [0.1, 0.15) is 18.4 Å². The minimum atomic E-state index is -3.51. The van der Waals surface area contributed by atoms with Gasteiger partial charge in [0.1, 0.15) is 5.75 Å². The zero-order valence-corrected chi connectivity index (χ0v) is 18.6. The number of sulfonamides is 1. The largest absolute Gasteiger partial charge is 0.484 e. The van der Waals surface area contributed by atoms with E-state index in [2.05, 4.69) is 0 Å². The van der Waals surface area contributed by atoms with E-state index in [1.807, 2.05) is 54.3 Å². The Bertz CT molecular complexity index is 986. The molecule has 2 aliphatic heterocycles. The van der Waals surface area contributed by atoms with E-state index in [9.17, 15) is 13.2 Å². The Labute approximate surface area is 182 Å². The SMILES string of the molecule is Cc1ccc(S(=O)(=O)N2CCC3(CC2)SCCN3C(=O)COc2ccccc2)cc1. The third-order valence-corrected chi connectivity index (χ3v) is 9.21. The van der Waals surface area contributed by atoms with Crippen molar-refractivity contribution in [1.29, 1.82) is 0 Å². The van der Waals surface area contributed by atoms with Gasteiger partial charge in [-0.3, -0.25) is 4.79 Å². The van der Waals surface area contributed by atoms with Gasteiger partial charge in [0.05, 0.1) is 9.77 Å². The lowest BCUT2D eigenvalue weighted by molar-refractivity contribution is -0.136. The summed E-state index contributed by atoms with van der Waals surface area (Å²) in [7, 11) is -3.51. The smallest absolute Gasteiger partial charge is 0.261 e. The van der Waals surface area contributed by atoms with Crippen LogP contribution in [0.2, 0.25) is 0 Å². The summed E-state index contributed by atoms with van der Waals surface area (Å²) < 4.78 is 33.2. The van der Waals surface area contributed by atoms with E-state index in [0.29, 0.717) is 43.1 Å².